The van der Waals surface area contributed by atoms with Crippen molar-refractivity contribution >= 4 is 35.0 Å². The summed E-state index contributed by atoms with van der Waals surface area (Å²) in [6.45, 7) is 6.07. The molecule has 0 radical (unpaired) electrons. The first-order valence-electron chi connectivity index (χ1n) is 10.5. The van der Waals surface area contributed by atoms with Crippen molar-refractivity contribution in [2.75, 3.05) is 7.11 Å². The normalized spacial score (nSPS) is 12.7. The number of hydrogen-bond donors (Lipinski definition) is 1. The number of ether oxygens (including phenoxy) is 1. The van der Waals surface area contributed by atoms with E-state index in [0.29, 0.717) is 16.5 Å². The molecule has 0 bridgehead atoms. The Bertz CT molecular complexity index is 887. The molecular formula is C24H30Cl2N2O3. The van der Waals surface area contributed by atoms with E-state index in [0.717, 1.165) is 23.3 Å². The Labute approximate surface area is 194 Å². The zero-order chi connectivity index (χ0) is 23.0. The minimum absolute atomic E-state index is 0.0270. The molecule has 0 saturated heterocycles. The van der Waals surface area contributed by atoms with Crippen LogP contribution in [-0.4, -0.2) is 35.9 Å². The van der Waals surface area contributed by atoms with E-state index in [4.69, 9.17) is 27.9 Å². The van der Waals surface area contributed by atoms with E-state index in [1.54, 1.807) is 30.2 Å². The first kappa shape index (κ1) is 25.0. The molecule has 168 valence electrons. The van der Waals surface area contributed by atoms with Crippen molar-refractivity contribution in [3.8, 4) is 5.75 Å². The standard InChI is InChI=1S/C24H30Cl2N2O3/c1-5-16(3)27-24(30)22(6-2)28(15-18-9-10-19(25)14-21(18)26)23(29)13-17-7-11-20(31-4)12-8-17/h7-12,14,16,22H,5-6,13,15H2,1-4H3,(H,27,30)/t16-,22-/m0/s1. The molecule has 5 nitrogen and oxygen atoms in total. The molecule has 2 amide bonds. The molecule has 0 aliphatic carbocycles. The van der Waals surface area contributed by atoms with Crippen molar-refractivity contribution in [1.82, 2.24) is 10.2 Å². The first-order valence-corrected chi connectivity index (χ1v) is 11.2. The molecule has 2 atom stereocenters. The van der Waals surface area contributed by atoms with Gasteiger partial charge in [0.25, 0.3) is 0 Å². The monoisotopic (exact) mass is 464 g/mol. The van der Waals surface area contributed by atoms with Gasteiger partial charge in [-0.3, -0.25) is 9.59 Å². The van der Waals surface area contributed by atoms with Gasteiger partial charge in [-0.05, 0) is 55.2 Å². The molecular weight excluding hydrogens is 435 g/mol. The lowest BCUT2D eigenvalue weighted by Crippen LogP contribution is -2.51. The van der Waals surface area contributed by atoms with Crippen LogP contribution in [0.25, 0.3) is 0 Å². The van der Waals surface area contributed by atoms with E-state index in [1.165, 1.54) is 0 Å². The van der Waals surface area contributed by atoms with Crippen LogP contribution in [-0.2, 0) is 22.6 Å². The van der Waals surface area contributed by atoms with Crippen LogP contribution in [0.5, 0.6) is 5.75 Å². The van der Waals surface area contributed by atoms with Crippen molar-refractivity contribution in [1.29, 1.82) is 0 Å². The summed E-state index contributed by atoms with van der Waals surface area (Å²) in [6, 6.07) is 11.9. The van der Waals surface area contributed by atoms with Gasteiger partial charge in [0.2, 0.25) is 11.8 Å². The fourth-order valence-corrected chi connectivity index (χ4v) is 3.68. The molecule has 0 aromatic heterocycles. The number of amides is 2. The molecule has 0 aliphatic rings. The van der Waals surface area contributed by atoms with Gasteiger partial charge in [0, 0.05) is 22.6 Å². The Morgan fingerprint density at radius 1 is 1.06 bits per heavy atom. The van der Waals surface area contributed by atoms with Crippen molar-refractivity contribution in [2.45, 2.75) is 58.7 Å². The molecule has 0 unspecified atom stereocenters. The van der Waals surface area contributed by atoms with Crippen LogP contribution in [0.3, 0.4) is 0 Å². The highest BCUT2D eigenvalue weighted by molar-refractivity contribution is 6.35. The number of rotatable bonds is 10. The number of carbonyl (C=O) groups is 2. The van der Waals surface area contributed by atoms with Gasteiger partial charge in [-0.1, -0.05) is 55.2 Å². The Hall–Kier alpha value is -2.24. The lowest BCUT2D eigenvalue weighted by atomic mass is 10.1. The highest BCUT2D eigenvalue weighted by atomic mass is 35.5. The summed E-state index contributed by atoms with van der Waals surface area (Å²) in [6.07, 6.45) is 1.47. The third-order valence-corrected chi connectivity index (χ3v) is 5.84. The average molecular weight is 465 g/mol. The van der Waals surface area contributed by atoms with Gasteiger partial charge >= 0.3 is 0 Å². The van der Waals surface area contributed by atoms with Crippen LogP contribution in [0.15, 0.2) is 42.5 Å². The predicted molar refractivity (Wildman–Crippen MR) is 126 cm³/mol. The van der Waals surface area contributed by atoms with Gasteiger partial charge in [-0.25, -0.2) is 0 Å². The number of carbonyl (C=O) groups excluding carboxylic acids is 2. The maximum Gasteiger partial charge on any atom is 0.243 e. The highest BCUT2D eigenvalue weighted by Gasteiger charge is 2.29. The van der Waals surface area contributed by atoms with E-state index in [9.17, 15) is 9.59 Å². The van der Waals surface area contributed by atoms with Crippen LogP contribution >= 0.6 is 23.2 Å². The van der Waals surface area contributed by atoms with E-state index >= 15 is 0 Å². The van der Waals surface area contributed by atoms with Crippen molar-refractivity contribution in [3.63, 3.8) is 0 Å². The largest absolute Gasteiger partial charge is 0.497 e. The molecule has 2 aromatic carbocycles. The molecule has 7 heteroatoms. The highest BCUT2D eigenvalue weighted by Crippen LogP contribution is 2.24. The van der Waals surface area contributed by atoms with Gasteiger partial charge in [0.05, 0.1) is 13.5 Å². The van der Waals surface area contributed by atoms with Crippen LogP contribution in [0, 0.1) is 0 Å². The number of nitrogens with zero attached hydrogens (tertiary/aromatic N) is 1. The molecule has 2 rings (SSSR count). The third-order valence-electron chi connectivity index (χ3n) is 5.26. The van der Waals surface area contributed by atoms with E-state index in [2.05, 4.69) is 5.32 Å². The molecule has 0 heterocycles. The fourth-order valence-electron chi connectivity index (χ4n) is 3.21. The molecule has 0 saturated carbocycles. The van der Waals surface area contributed by atoms with Gasteiger partial charge in [0.15, 0.2) is 0 Å². The Morgan fingerprint density at radius 2 is 1.74 bits per heavy atom. The number of hydrogen-bond acceptors (Lipinski definition) is 3. The summed E-state index contributed by atoms with van der Waals surface area (Å²) in [5.41, 5.74) is 1.58. The summed E-state index contributed by atoms with van der Waals surface area (Å²) in [5, 5.41) is 3.99. The van der Waals surface area contributed by atoms with Crippen molar-refractivity contribution in [2.24, 2.45) is 0 Å². The SMILES string of the molecule is CC[C@H](C)NC(=O)[C@H](CC)N(Cc1ccc(Cl)cc1Cl)C(=O)Cc1ccc(OC)cc1. The summed E-state index contributed by atoms with van der Waals surface area (Å²) < 4.78 is 5.18. The summed E-state index contributed by atoms with van der Waals surface area (Å²) in [4.78, 5) is 27.9. The molecule has 31 heavy (non-hydrogen) atoms. The smallest absolute Gasteiger partial charge is 0.243 e. The molecule has 0 aliphatic heterocycles. The maximum atomic E-state index is 13.4. The van der Waals surface area contributed by atoms with E-state index in [-0.39, 0.29) is 30.8 Å². The third kappa shape index (κ3) is 7.15. The topological polar surface area (TPSA) is 58.6 Å². The van der Waals surface area contributed by atoms with Crippen molar-refractivity contribution < 1.29 is 14.3 Å². The Kier molecular flexibility index (Phi) is 9.66. The minimum Gasteiger partial charge on any atom is -0.497 e. The second-order valence-corrected chi connectivity index (χ2v) is 8.37. The molecule has 0 spiro atoms. The van der Waals surface area contributed by atoms with Crippen molar-refractivity contribution in [3.05, 3.63) is 63.6 Å². The number of methoxy groups -OCH3 is 1. The second kappa shape index (κ2) is 12.0. The summed E-state index contributed by atoms with van der Waals surface area (Å²) >= 11 is 12.4. The van der Waals surface area contributed by atoms with E-state index in [1.807, 2.05) is 45.0 Å². The Morgan fingerprint density at radius 3 is 2.29 bits per heavy atom. The van der Waals surface area contributed by atoms with Gasteiger partial charge in [0.1, 0.15) is 11.8 Å². The lowest BCUT2D eigenvalue weighted by molar-refractivity contribution is -0.141. The number of halogens is 2. The minimum atomic E-state index is -0.605. The average Bonchev–Trinajstić information content (AvgIpc) is 2.75. The molecule has 2 aromatic rings. The maximum absolute atomic E-state index is 13.4. The van der Waals surface area contributed by atoms with Gasteiger partial charge < -0.3 is 15.0 Å². The Balaban J connectivity index is 2.32. The zero-order valence-electron chi connectivity index (χ0n) is 18.5. The van der Waals surface area contributed by atoms with Gasteiger partial charge in [-0.2, -0.15) is 0 Å². The van der Waals surface area contributed by atoms with Crippen LogP contribution < -0.4 is 10.1 Å². The molecule has 0 fully saturated rings. The second-order valence-electron chi connectivity index (χ2n) is 7.52. The summed E-state index contributed by atoms with van der Waals surface area (Å²) in [7, 11) is 1.60. The quantitative estimate of drug-likeness (QED) is 0.520. The number of nitrogens with one attached hydrogen (secondary N) is 1. The van der Waals surface area contributed by atoms with Gasteiger partial charge in [-0.15, -0.1) is 0 Å². The lowest BCUT2D eigenvalue weighted by Gasteiger charge is -2.32. The van der Waals surface area contributed by atoms with E-state index < -0.39 is 6.04 Å². The van der Waals surface area contributed by atoms with Crippen LogP contribution in [0.2, 0.25) is 10.0 Å². The predicted octanol–water partition coefficient (Wildman–Crippen LogP) is 5.27. The number of benzene rings is 2. The first-order chi connectivity index (χ1) is 14.8. The fraction of sp³-hybridized carbons (Fsp3) is 0.417. The molecule has 1 N–H and O–H groups in total. The zero-order valence-corrected chi connectivity index (χ0v) is 20.0. The van der Waals surface area contributed by atoms with Crippen LogP contribution in [0.4, 0.5) is 0 Å². The summed E-state index contributed by atoms with van der Waals surface area (Å²) in [5.74, 6) is 0.410. The van der Waals surface area contributed by atoms with Crippen LogP contribution in [0.1, 0.15) is 44.7 Å².